The number of hydrogen-bond donors (Lipinski definition) is 1. The molecule has 1 atom stereocenters. The zero-order valence-electron chi connectivity index (χ0n) is 18.5. The molecule has 2 aromatic carbocycles. The minimum absolute atomic E-state index is 0.123. The van der Waals surface area contributed by atoms with Gasteiger partial charge in [-0.1, -0.05) is 58.6 Å². The molecule has 0 spiro atoms. The summed E-state index contributed by atoms with van der Waals surface area (Å²) >= 11 is 12.2. The molecule has 0 saturated carbocycles. The van der Waals surface area contributed by atoms with Gasteiger partial charge in [0.25, 0.3) is 0 Å². The molecule has 6 heteroatoms. The number of carbonyl (C=O) groups is 2. The highest BCUT2D eigenvalue weighted by Crippen LogP contribution is 2.24. The Bertz CT molecular complexity index is 915. The predicted molar refractivity (Wildman–Crippen MR) is 124 cm³/mol. The first-order chi connectivity index (χ1) is 13.9. The first-order valence-electron chi connectivity index (χ1n) is 9.98. The minimum Gasteiger partial charge on any atom is -0.350 e. The highest BCUT2D eigenvalue weighted by atomic mass is 35.5. The van der Waals surface area contributed by atoms with E-state index in [2.05, 4.69) is 11.4 Å². The highest BCUT2D eigenvalue weighted by molar-refractivity contribution is 6.42. The maximum atomic E-state index is 13.3. The average Bonchev–Trinajstić information content (AvgIpc) is 2.59. The van der Waals surface area contributed by atoms with Crippen LogP contribution in [-0.2, 0) is 22.6 Å². The lowest BCUT2D eigenvalue weighted by molar-refractivity contribution is -0.140. The fourth-order valence-corrected chi connectivity index (χ4v) is 3.66. The lowest BCUT2D eigenvalue weighted by Gasteiger charge is -2.31. The van der Waals surface area contributed by atoms with Gasteiger partial charge < -0.3 is 10.2 Å². The topological polar surface area (TPSA) is 49.4 Å². The van der Waals surface area contributed by atoms with Crippen LogP contribution in [0.3, 0.4) is 0 Å². The molecule has 1 N–H and O–H groups in total. The van der Waals surface area contributed by atoms with Gasteiger partial charge in [0.05, 0.1) is 16.5 Å². The van der Waals surface area contributed by atoms with E-state index in [0.29, 0.717) is 10.0 Å². The molecule has 0 radical (unpaired) electrons. The molecule has 0 unspecified atom stereocenters. The Hall–Kier alpha value is -2.04. The Morgan fingerprint density at radius 1 is 0.967 bits per heavy atom. The molecule has 4 nitrogen and oxygen atoms in total. The Kier molecular flexibility index (Phi) is 7.95. The molecule has 0 saturated heterocycles. The van der Waals surface area contributed by atoms with Crippen LogP contribution >= 0.6 is 23.2 Å². The van der Waals surface area contributed by atoms with E-state index in [9.17, 15) is 9.59 Å². The number of amides is 2. The normalized spacial score (nSPS) is 12.4. The van der Waals surface area contributed by atoms with Gasteiger partial charge in [-0.3, -0.25) is 9.59 Å². The number of hydrogen-bond acceptors (Lipinski definition) is 2. The summed E-state index contributed by atoms with van der Waals surface area (Å²) in [6, 6.07) is 10.7. The smallest absolute Gasteiger partial charge is 0.242 e. The van der Waals surface area contributed by atoms with Crippen molar-refractivity contribution in [3.05, 3.63) is 68.7 Å². The van der Waals surface area contributed by atoms with Crippen molar-refractivity contribution in [2.75, 3.05) is 0 Å². The van der Waals surface area contributed by atoms with Crippen LogP contribution in [0.25, 0.3) is 0 Å². The number of nitrogens with one attached hydrogen (secondary N) is 1. The van der Waals surface area contributed by atoms with E-state index in [0.717, 1.165) is 22.3 Å². The maximum absolute atomic E-state index is 13.3. The number of halogens is 2. The molecule has 2 amide bonds. The van der Waals surface area contributed by atoms with E-state index >= 15 is 0 Å². The number of nitrogens with zero attached hydrogens (tertiary/aromatic N) is 1. The second-order valence-electron chi connectivity index (χ2n) is 8.86. The highest BCUT2D eigenvalue weighted by Gasteiger charge is 2.28. The number of aryl methyl sites for hydroxylation is 2. The van der Waals surface area contributed by atoms with Gasteiger partial charge in [-0.15, -0.1) is 0 Å². The van der Waals surface area contributed by atoms with Gasteiger partial charge in [0, 0.05) is 12.1 Å². The quantitative estimate of drug-likeness (QED) is 0.635. The summed E-state index contributed by atoms with van der Waals surface area (Å²) in [5.41, 5.74) is 3.56. The third-order valence-corrected chi connectivity index (χ3v) is 5.38. The Labute approximate surface area is 189 Å². The zero-order valence-corrected chi connectivity index (χ0v) is 20.0. The summed E-state index contributed by atoms with van der Waals surface area (Å²) in [5.74, 6) is -0.320. The van der Waals surface area contributed by atoms with Crippen LogP contribution in [0.1, 0.15) is 49.9 Å². The molecule has 0 aliphatic heterocycles. The van der Waals surface area contributed by atoms with Crippen LogP contribution in [0.4, 0.5) is 0 Å². The summed E-state index contributed by atoms with van der Waals surface area (Å²) in [5, 5.41) is 3.83. The Balaban J connectivity index is 2.31. The van der Waals surface area contributed by atoms with E-state index in [-0.39, 0.29) is 24.8 Å². The molecular weight excluding hydrogens is 419 g/mol. The molecule has 0 bridgehead atoms. The van der Waals surface area contributed by atoms with Crippen molar-refractivity contribution in [1.29, 1.82) is 0 Å². The van der Waals surface area contributed by atoms with E-state index in [1.165, 1.54) is 0 Å². The van der Waals surface area contributed by atoms with Gasteiger partial charge >= 0.3 is 0 Å². The van der Waals surface area contributed by atoms with Crippen LogP contribution < -0.4 is 5.32 Å². The van der Waals surface area contributed by atoms with E-state index in [1.807, 2.05) is 52.8 Å². The van der Waals surface area contributed by atoms with Crippen LogP contribution in [0.15, 0.2) is 36.4 Å². The van der Waals surface area contributed by atoms with Crippen molar-refractivity contribution in [1.82, 2.24) is 10.2 Å². The first-order valence-corrected chi connectivity index (χ1v) is 10.7. The number of carbonyl (C=O) groups excluding carboxylic acids is 2. The second kappa shape index (κ2) is 9.84. The minimum atomic E-state index is -0.642. The first kappa shape index (κ1) is 24.2. The van der Waals surface area contributed by atoms with Crippen molar-refractivity contribution in [3.63, 3.8) is 0 Å². The monoisotopic (exact) mass is 448 g/mol. The largest absolute Gasteiger partial charge is 0.350 e. The average molecular weight is 449 g/mol. The summed E-state index contributed by atoms with van der Waals surface area (Å²) in [6.45, 7) is 11.8. The van der Waals surface area contributed by atoms with Crippen LogP contribution in [0, 0.1) is 13.8 Å². The van der Waals surface area contributed by atoms with Gasteiger partial charge in [-0.25, -0.2) is 0 Å². The Morgan fingerprint density at radius 2 is 1.57 bits per heavy atom. The number of benzene rings is 2. The van der Waals surface area contributed by atoms with Gasteiger partial charge in [0.1, 0.15) is 6.04 Å². The summed E-state index contributed by atoms with van der Waals surface area (Å²) in [6.07, 6.45) is 0.219. The molecule has 0 aliphatic rings. The van der Waals surface area contributed by atoms with Crippen LogP contribution in [0.5, 0.6) is 0 Å². The van der Waals surface area contributed by atoms with Gasteiger partial charge in [-0.05, 0) is 64.8 Å². The molecule has 2 aromatic rings. The summed E-state index contributed by atoms with van der Waals surface area (Å²) < 4.78 is 0. The number of rotatable bonds is 6. The van der Waals surface area contributed by atoms with Crippen molar-refractivity contribution < 1.29 is 9.59 Å². The lowest BCUT2D eigenvalue weighted by atomic mass is 10.0. The molecule has 162 valence electrons. The Morgan fingerprint density at radius 3 is 2.10 bits per heavy atom. The molecule has 0 heterocycles. The molecule has 0 fully saturated rings. The summed E-state index contributed by atoms with van der Waals surface area (Å²) in [7, 11) is 0. The van der Waals surface area contributed by atoms with E-state index in [1.54, 1.807) is 24.0 Å². The van der Waals surface area contributed by atoms with Crippen molar-refractivity contribution in [2.24, 2.45) is 0 Å². The van der Waals surface area contributed by atoms with Gasteiger partial charge in [0.2, 0.25) is 11.8 Å². The lowest BCUT2D eigenvalue weighted by Crippen LogP contribution is -2.52. The molecular formula is C24H30Cl2N2O2. The second-order valence-corrected chi connectivity index (χ2v) is 9.67. The van der Waals surface area contributed by atoms with Gasteiger partial charge in [-0.2, -0.15) is 0 Å². The SMILES string of the molecule is Cc1cc(C)cc(CC(=O)N(Cc2ccc(Cl)c(Cl)c2)[C@@H](C)C(=O)NC(C)(C)C)c1. The van der Waals surface area contributed by atoms with Crippen molar-refractivity contribution >= 4 is 35.0 Å². The maximum Gasteiger partial charge on any atom is 0.242 e. The van der Waals surface area contributed by atoms with Gasteiger partial charge in [0.15, 0.2) is 0 Å². The third-order valence-electron chi connectivity index (χ3n) is 4.64. The van der Waals surface area contributed by atoms with Crippen molar-refractivity contribution in [2.45, 2.75) is 66.1 Å². The molecule has 30 heavy (non-hydrogen) atoms. The van der Waals surface area contributed by atoms with E-state index in [4.69, 9.17) is 23.2 Å². The zero-order chi connectivity index (χ0) is 22.6. The molecule has 0 aliphatic carbocycles. The van der Waals surface area contributed by atoms with Crippen LogP contribution in [0.2, 0.25) is 10.0 Å². The van der Waals surface area contributed by atoms with Crippen molar-refractivity contribution in [3.8, 4) is 0 Å². The predicted octanol–water partition coefficient (Wildman–Crippen LogP) is 5.48. The van der Waals surface area contributed by atoms with Crippen LogP contribution in [-0.4, -0.2) is 28.3 Å². The fourth-order valence-electron chi connectivity index (χ4n) is 3.34. The molecule has 2 rings (SSSR count). The fraction of sp³-hybridized carbons (Fsp3) is 0.417. The summed E-state index contributed by atoms with van der Waals surface area (Å²) in [4.78, 5) is 27.7. The third kappa shape index (κ3) is 7.03. The van der Waals surface area contributed by atoms with E-state index < -0.39 is 11.6 Å². The standard InChI is InChI=1S/C24H30Cl2N2O2/c1-15-9-16(2)11-19(10-15)13-22(29)28(17(3)23(30)27-24(4,5)6)14-18-7-8-20(25)21(26)12-18/h7-12,17H,13-14H2,1-6H3,(H,27,30)/t17-/m0/s1. The molecule has 0 aromatic heterocycles.